The van der Waals surface area contributed by atoms with Crippen LogP contribution in [0.3, 0.4) is 0 Å². The number of amides is 1. The van der Waals surface area contributed by atoms with E-state index in [9.17, 15) is 9.59 Å². The molecule has 0 spiro atoms. The van der Waals surface area contributed by atoms with E-state index >= 15 is 0 Å². The Balaban J connectivity index is 1.71. The van der Waals surface area contributed by atoms with Crippen LogP contribution >= 0.6 is 22.9 Å². The number of nitrogens with one attached hydrogen (secondary N) is 2. The summed E-state index contributed by atoms with van der Waals surface area (Å²) in [7, 11) is 1.32. The zero-order valence-electron chi connectivity index (χ0n) is 13.7. The third-order valence-corrected chi connectivity index (χ3v) is 4.61. The summed E-state index contributed by atoms with van der Waals surface area (Å²) in [6.45, 7) is 0. The third-order valence-electron chi connectivity index (χ3n) is 3.42. The maximum atomic E-state index is 12.0. The molecular formula is C18H14ClN3O3S. The van der Waals surface area contributed by atoms with Crippen LogP contribution in [0.4, 0.5) is 17.2 Å². The molecule has 2 heterocycles. The first kappa shape index (κ1) is 17.9. The predicted molar refractivity (Wildman–Crippen MR) is 103 cm³/mol. The number of halogens is 1. The fraction of sp³-hybridized carbons (Fsp3) is 0.0556. The molecule has 0 aliphatic heterocycles. The van der Waals surface area contributed by atoms with Gasteiger partial charge < -0.3 is 15.4 Å². The van der Waals surface area contributed by atoms with Crippen molar-refractivity contribution in [2.75, 3.05) is 17.7 Å². The van der Waals surface area contributed by atoms with E-state index in [4.69, 9.17) is 16.3 Å². The van der Waals surface area contributed by atoms with Crippen molar-refractivity contribution in [2.24, 2.45) is 0 Å². The molecule has 8 heteroatoms. The SMILES string of the molecule is COC(=O)c1ccc(Cl)c(Nc2ccc(NC(=O)c3cccs3)nc2)c1. The van der Waals surface area contributed by atoms with E-state index in [-0.39, 0.29) is 5.91 Å². The molecule has 2 N–H and O–H groups in total. The van der Waals surface area contributed by atoms with Crippen LogP contribution in [0.15, 0.2) is 54.0 Å². The largest absolute Gasteiger partial charge is 0.465 e. The van der Waals surface area contributed by atoms with Crippen molar-refractivity contribution >= 4 is 52.0 Å². The Kier molecular flexibility index (Phi) is 5.50. The van der Waals surface area contributed by atoms with Crippen LogP contribution in [0.5, 0.6) is 0 Å². The number of pyridine rings is 1. The maximum Gasteiger partial charge on any atom is 0.337 e. The van der Waals surface area contributed by atoms with E-state index in [1.54, 1.807) is 42.6 Å². The predicted octanol–water partition coefficient (Wildman–Crippen LogP) is 4.58. The summed E-state index contributed by atoms with van der Waals surface area (Å²) < 4.78 is 4.70. The molecule has 0 bridgehead atoms. The minimum absolute atomic E-state index is 0.206. The molecule has 6 nitrogen and oxygen atoms in total. The van der Waals surface area contributed by atoms with Gasteiger partial charge in [0, 0.05) is 0 Å². The van der Waals surface area contributed by atoms with Gasteiger partial charge in [-0.3, -0.25) is 4.79 Å². The van der Waals surface area contributed by atoms with E-state index in [2.05, 4.69) is 15.6 Å². The number of hydrogen-bond donors (Lipinski definition) is 2. The van der Waals surface area contributed by atoms with Gasteiger partial charge in [0.1, 0.15) is 5.82 Å². The molecule has 3 aromatic rings. The molecule has 2 aromatic heterocycles. The normalized spacial score (nSPS) is 10.2. The Hall–Kier alpha value is -2.90. The van der Waals surface area contributed by atoms with Crippen molar-refractivity contribution in [3.63, 3.8) is 0 Å². The second-order valence-electron chi connectivity index (χ2n) is 5.17. The van der Waals surface area contributed by atoms with Crippen molar-refractivity contribution in [1.82, 2.24) is 4.98 Å². The van der Waals surface area contributed by atoms with Crippen LogP contribution in [0, 0.1) is 0 Å². The Bertz CT molecular complexity index is 927. The van der Waals surface area contributed by atoms with Gasteiger partial charge >= 0.3 is 5.97 Å². The summed E-state index contributed by atoms with van der Waals surface area (Å²) in [5.74, 6) is -0.222. The Morgan fingerprint density at radius 2 is 2.04 bits per heavy atom. The van der Waals surface area contributed by atoms with Gasteiger partial charge in [0.05, 0.1) is 40.1 Å². The molecule has 3 rings (SSSR count). The summed E-state index contributed by atoms with van der Waals surface area (Å²) in [5, 5.41) is 8.10. The number of benzene rings is 1. The fourth-order valence-electron chi connectivity index (χ4n) is 2.15. The van der Waals surface area contributed by atoms with Gasteiger partial charge in [-0.2, -0.15) is 0 Å². The number of anilines is 3. The number of hydrogen-bond acceptors (Lipinski definition) is 6. The molecule has 26 heavy (non-hydrogen) atoms. The van der Waals surface area contributed by atoms with E-state index in [1.807, 2.05) is 11.4 Å². The van der Waals surface area contributed by atoms with E-state index in [1.165, 1.54) is 18.4 Å². The van der Waals surface area contributed by atoms with Crippen LogP contribution < -0.4 is 10.6 Å². The Morgan fingerprint density at radius 1 is 1.19 bits per heavy atom. The van der Waals surface area contributed by atoms with Crippen LogP contribution in [0.25, 0.3) is 0 Å². The molecule has 0 atom stereocenters. The van der Waals surface area contributed by atoms with Gasteiger partial charge in [0.2, 0.25) is 0 Å². The zero-order valence-corrected chi connectivity index (χ0v) is 15.2. The first-order valence-corrected chi connectivity index (χ1v) is 8.78. The van der Waals surface area contributed by atoms with Gasteiger partial charge in [-0.25, -0.2) is 9.78 Å². The highest BCUT2D eigenvalue weighted by molar-refractivity contribution is 7.12. The zero-order chi connectivity index (χ0) is 18.5. The van der Waals surface area contributed by atoms with Crippen molar-refractivity contribution < 1.29 is 14.3 Å². The lowest BCUT2D eigenvalue weighted by molar-refractivity contribution is 0.0600. The number of carbonyl (C=O) groups excluding carboxylic acids is 2. The summed E-state index contributed by atoms with van der Waals surface area (Å²) in [4.78, 5) is 28.5. The number of ether oxygens (including phenoxy) is 1. The number of esters is 1. The molecule has 0 radical (unpaired) electrons. The van der Waals surface area contributed by atoms with Crippen LogP contribution in [-0.2, 0) is 4.74 Å². The molecule has 0 aliphatic carbocycles. The average molecular weight is 388 g/mol. The second kappa shape index (κ2) is 7.99. The van der Waals surface area contributed by atoms with E-state index in [0.29, 0.717) is 32.7 Å². The van der Waals surface area contributed by atoms with Crippen molar-refractivity contribution in [2.45, 2.75) is 0 Å². The molecule has 0 saturated carbocycles. The maximum absolute atomic E-state index is 12.0. The van der Waals surface area contributed by atoms with Gasteiger partial charge in [-0.15, -0.1) is 11.3 Å². The number of aromatic nitrogens is 1. The minimum atomic E-state index is -0.450. The van der Waals surface area contributed by atoms with Crippen molar-refractivity contribution in [1.29, 1.82) is 0 Å². The molecule has 1 amide bonds. The molecule has 0 unspecified atom stereocenters. The quantitative estimate of drug-likeness (QED) is 0.626. The smallest absolute Gasteiger partial charge is 0.337 e. The van der Waals surface area contributed by atoms with Crippen molar-refractivity contribution in [3.8, 4) is 0 Å². The number of nitrogens with zero attached hydrogens (tertiary/aromatic N) is 1. The lowest BCUT2D eigenvalue weighted by Crippen LogP contribution is -2.11. The highest BCUT2D eigenvalue weighted by atomic mass is 35.5. The van der Waals surface area contributed by atoms with Gasteiger partial charge in [-0.1, -0.05) is 17.7 Å². The van der Waals surface area contributed by atoms with Gasteiger partial charge in [-0.05, 0) is 41.8 Å². The number of carbonyl (C=O) groups is 2. The minimum Gasteiger partial charge on any atom is -0.465 e. The highest BCUT2D eigenvalue weighted by Crippen LogP contribution is 2.27. The Labute approximate surface area is 158 Å². The Morgan fingerprint density at radius 3 is 2.69 bits per heavy atom. The molecule has 0 fully saturated rings. The van der Waals surface area contributed by atoms with Gasteiger partial charge in [0.25, 0.3) is 5.91 Å². The fourth-order valence-corrected chi connectivity index (χ4v) is 2.93. The van der Waals surface area contributed by atoms with Gasteiger partial charge in [0.15, 0.2) is 0 Å². The lowest BCUT2D eigenvalue weighted by atomic mass is 10.2. The molecule has 0 aliphatic rings. The van der Waals surface area contributed by atoms with E-state index < -0.39 is 5.97 Å². The summed E-state index contributed by atoms with van der Waals surface area (Å²) in [5.41, 5.74) is 1.59. The second-order valence-corrected chi connectivity index (χ2v) is 6.53. The third kappa shape index (κ3) is 4.19. The van der Waals surface area contributed by atoms with Crippen LogP contribution in [0.2, 0.25) is 5.02 Å². The number of methoxy groups -OCH3 is 1. The highest BCUT2D eigenvalue weighted by Gasteiger charge is 2.10. The molecular weight excluding hydrogens is 374 g/mol. The van der Waals surface area contributed by atoms with E-state index in [0.717, 1.165) is 0 Å². The molecule has 0 saturated heterocycles. The number of rotatable bonds is 5. The van der Waals surface area contributed by atoms with Crippen LogP contribution in [-0.4, -0.2) is 24.0 Å². The summed E-state index contributed by atoms with van der Waals surface area (Å²) in [6.07, 6.45) is 1.56. The van der Waals surface area contributed by atoms with Crippen molar-refractivity contribution in [3.05, 3.63) is 69.5 Å². The first-order chi connectivity index (χ1) is 12.6. The standard InChI is InChI=1S/C18H14ClN3O3S/c1-25-18(24)11-4-6-13(19)14(9-11)21-12-5-7-16(20-10-12)22-17(23)15-3-2-8-26-15/h2-10,21H,1H3,(H,20,22,23). The summed E-state index contributed by atoms with van der Waals surface area (Å²) >= 11 is 7.52. The monoisotopic (exact) mass is 387 g/mol. The lowest BCUT2D eigenvalue weighted by Gasteiger charge is -2.10. The number of thiophene rings is 1. The average Bonchev–Trinajstić information content (AvgIpc) is 3.19. The summed E-state index contributed by atoms with van der Waals surface area (Å²) in [6, 6.07) is 11.8. The van der Waals surface area contributed by atoms with Crippen LogP contribution in [0.1, 0.15) is 20.0 Å². The first-order valence-electron chi connectivity index (χ1n) is 7.52. The molecule has 132 valence electrons. The molecule has 1 aromatic carbocycles. The topological polar surface area (TPSA) is 80.3 Å².